The van der Waals surface area contributed by atoms with Gasteiger partial charge < -0.3 is 10.2 Å². The fourth-order valence-electron chi connectivity index (χ4n) is 2.39. The predicted octanol–water partition coefficient (Wildman–Crippen LogP) is 3.07. The second-order valence-electron chi connectivity index (χ2n) is 5.61. The molecular weight excluding hydrogens is 354 g/mol. The Kier molecular flexibility index (Phi) is 5.90. The van der Waals surface area contributed by atoms with E-state index < -0.39 is 0 Å². The number of likely N-dealkylation sites (N-methyl/N-ethyl adjacent to an activating group) is 1. The molecule has 1 aromatic carbocycles. The van der Waals surface area contributed by atoms with Gasteiger partial charge in [0.15, 0.2) is 0 Å². The third-order valence-electron chi connectivity index (χ3n) is 3.74. The van der Waals surface area contributed by atoms with Gasteiger partial charge in [-0.15, -0.1) is 0 Å². The van der Waals surface area contributed by atoms with E-state index >= 15 is 0 Å². The van der Waals surface area contributed by atoms with E-state index in [1.807, 2.05) is 18.2 Å². The highest BCUT2D eigenvalue weighted by molar-refractivity contribution is 9.10. The number of likely N-dealkylation sites (tertiary alicyclic amines) is 1. The van der Waals surface area contributed by atoms with E-state index in [0.717, 1.165) is 36.1 Å². The van der Waals surface area contributed by atoms with Crippen molar-refractivity contribution in [1.82, 2.24) is 9.80 Å². The lowest BCUT2D eigenvalue weighted by molar-refractivity contribution is -0.130. The maximum absolute atomic E-state index is 11.7. The van der Waals surface area contributed by atoms with Gasteiger partial charge in [0.2, 0.25) is 5.91 Å². The second kappa shape index (κ2) is 7.47. The molecule has 1 amide bonds. The third-order valence-corrected chi connectivity index (χ3v) is 4.97. The number of nitrogens with zero attached hydrogens (tertiary/aromatic N) is 2. The molecule has 0 aromatic heterocycles. The molecule has 1 N–H and O–H groups in total. The summed E-state index contributed by atoms with van der Waals surface area (Å²) < 4.78 is 0.909. The number of piperidine rings is 1. The second-order valence-corrected chi connectivity index (χ2v) is 6.87. The van der Waals surface area contributed by atoms with Gasteiger partial charge in [0.05, 0.1) is 11.6 Å². The number of carbonyl (C=O) groups is 1. The Bertz CT molecular complexity index is 502. The van der Waals surface area contributed by atoms with Gasteiger partial charge in [-0.25, -0.2) is 0 Å². The summed E-state index contributed by atoms with van der Waals surface area (Å²) in [6, 6.07) is 6.36. The minimum atomic E-state index is 0.168. The zero-order chi connectivity index (χ0) is 15.4. The van der Waals surface area contributed by atoms with Crippen LogP contribution in [0.15, 0.2) is 22.7 Å². The SMILES string of the molecule is CN(C)C(=O)CN1CCC(Nc2ccc(Br)c(Cl)c2)CC1. The van der Waals surface area contributed by atoms with E-state index in [-0.39, 0.29) is 5.91 Å². The van der Waals surface area contributed by atoms with Crippen molar-refractivity contribution in [3.63, 3.8) is 0 Å². The van der Waals surface area contributed by atoms with Crippen molar-refractivity contribution < 1.29 is 4.79 Å². The van der Waals surface area contributed by atoms with E-state index in [4.69, 9.17) is 11.6 Å². The molecule has 1 heterocycles. The van der Waals surface area contributed by atoms with Crippen LogP contribution in [-0.2, 0) is 4.79 Å². The van der Waals surface area contributed by atoms with Crippen molar-refractivity contribution in [3.8, 4) is 0 Å². The predicted molar refractivity (Wildman–Crippen MR) is 90.9 cm³/mol. The van der Waals surface area contributed by atoms with Gasteiger partial charge in [0.1, 0.15) is 0 Å². The van der Waals surface area contributed by atoms with Crippen LogP contribution in [0.2, 0.25) is 5.02 Å². The van der Waals surface area contributed by atoms with Crippen molar-refractivity contribution >= 4 is 39.1 Å². The lowest BCUT2D eigenvalue weighted by Gasteiger charge is -2.33. The molecular formula is C15H21BrClN3O. The Morgan fingerprint density at radius 2 is 2.10 bits per heavy atom. The summed E-state index contributed by atoms with van der Waals surface area (Å²) in [5.41, 5.74) is 1.05. The molecule has 116 valence electrons. The highest BCUT2D eigenvalue weighted by Crippen LogP contribution is 2.26. The Balaban J connectivity index is 1.81. The number of rotatable bonds is 4. The van der Waals surface area contributed by atoms with Crippen LogP contribution in [-0.4, -0.2) is 55.5 Å². The lowest BCUT2D eigenvalue weighted by atomic mass is 10.0. The van der Waals surface area contributed by atoms with E-state index in [1.165, 1.54) is 0 Å². The summed E-state index contributed by atoms with van der Waals surface area (Å²) in [4.78, 5) is 15.6. The molecule has 0 aliphatic carbocycles. The standard InChI is InChI=1S/C15H21BrClN3O/c1-19(2)15(21)10-20-7-5-11(6-8-20)18-12-3-4-13(16)14(17)9-12/h3-4,9,11,18H,5-8,10H2,1-2H3. The molecule has 1 fully saturated rings. The Labute approximate surface area is 139 Å². The largest absolute Gasteiger partial charge is 0.382 e. The number of carbonyl (C=O) groups excluding carboxylic acids is 1. The summed E-state index contributed by atoms with van der Waals surface area (Å²) in [7, 11) is 3.60. The lowest BCUT2D eigenvalue weighted by Crippen LogP contribution is -2.43. The first-order valence-corrected chi connectivity index (χ1v) is 8.27. The van der Waals surface area contributed by atoms with Crippen molar-refractivity contribution in [3.05, 3.63) is 27.7 Å². The maximum atomic E-state index is 11.7. The maximum Gasteiger partial charge on any atom is 0.236 e. The smallest absolute Gasteiger partial charge is 0.236 e. The van der Waals surface area contributed by atoms with Crippen molar-refractivity contribution in [1.29, 1.82) is 0 Å². The Morgan fingerprint density at radius 3 is 2.67 bits per heavy atom. The highest BCUT2D eigenvalue weighted by atomic mass is 79.9. The van der Waals surface area contributed by atoms with Crippen molar-refractivity contribution in [2.75, 3.05) is 39.0 Å². The Hall–Kier alpha value is -0.780. The molecule has 4 nitrogen and oxygen atoms in total. The molecule has 1 saturated heterocycles. The van der Waals surface area contributed by atoms with Gasteiger partial charge in [-0.05, 0) is 47.0 Å². The number of halogens is 2. The average Bonchev–Trinajstić information content (AvgIpc) is 2.45. The van der Waals surface area contributed by atoms with Crippen LogP contribution in [0.5, 0.6) is 0 Å². The first-order valence-electron chi connectivity index (χ1n) is 7.10. The molecule has 0 bridgehead atoms. The average molecular weight is 375 g/mol. The molecule has 2 rings (SSSR count). The van der Waals surface area contributed by atoms with Gasteiger partial charge in [0.25, 0.3) is 0 Å². The molecule has 1 aliphatic heterocycles. The molecule has 0 spiro atoms. The monoisotopic (exact) mass is 373 g/mol. The molecule has 0 unspecified atom stereocenters. The number of hydrogen-bond donors (Lipinski definition) is 1. The normalized spacial score (nSPS) is 16.8. The number of amides is 1. The van der Waals surface area contributed by atoms with Crippen LogP contribution in [0.3, 0.4) is 0 Å². The summed E-state index contributed by atoms with van der Waals surface area (Å²) >= 11 is 9.50. The number of anilines is 1. The number of benzene rings is 1. The fraction of sp³-hybridized carbons (Fsp3) is 0.533. The summed E-state index contributed by atoms with van der Waals surface area (Å²) in [5.74, 6) is 0.168. The minimum absolute atomic E-state index is 0.168. The van der Waals surface area contributed by atoms with Crippen LogP contribution in [0, 0.1) is 0 Å². The molecule has 1 aliphatic rings. The van der Waals surface area contributed by atoms with E-state index in [1.54, 1.807) is 19.0 Å². The van der Waals surface area contributed by atoms with Gasteiger partial charge >= 0.3 is 0 Å². The molecule has 6 heteroatoms. The van der Waals surface area contributed by atoms with Gasteiger partial charge in [-0.3, -0.25) is 9.69 Å². The summed E-state index contributed by atoms with van der Waals surface area (Å²) in [6.45, 7) is 2.41. The Morgan fingerprint density at radius 1 is 1.43 bits per heavy atom. The molecule has 0 radical (unpaired) electrons. The van der Waals surface area contributed by atoms with E-state index in [9.17, 15) is 4.79 Å². The summed E-state index contributed by atoms with van der Waals surface area (Å²) in [6.07, 6.45) is 2.07. The van der Waals surface area contributed by atoms with E-state index in [0.29, 0.717) is 17.6 Å². The fourth-order valence-corrected chi connectivity index (χ4v) is 2.82. The number of hydrogen-bond acceptors (Lipinski definition) is 3. The van der Waals surface area contributed by atoms with Gasteiger partial charge in [-0.2, -0.15) is 0 Å². The van der Waals surface area contributed by atoms with Crippen LogP contribution in [0.4, 0.5) is 5.69 Å². The third kappa shape index (κ3) is 4.87. The van der Waals surface area contributed by atoms with Gasteiger partial charge in [-0.1, -0.05) is 11.6 Å². The number of nitrogens with one attached hydrogen (secondary N) is 1. The zero-order valence-electron chi connectivity index (χ0n) is 12.4. The quantitative estimate of drug-likeness (QED) is 0.880. The van der Waals surface area contributed by atoms with Gasteiger partial charge in [0, 0.05) is 43.4 Å². The van der Waals surface area contributed by atoms with Crippen LogP contribution in [0.1, 0.15) is 12.8 Å². The molecule has 0 saturated carbocycles. The van der Waals surface area contributed by atoms with Crippen molar-refractivity contribution in [2.45, 2.75) is 18.9 Å². The van der Waals surface area contributed by atoms with Crippen LogP contribution < -0.4 is 5.32 Å². The van der Waals surface area contributed by atoms with Crippen LogP contribution >= 0.6 is 27.5 Å². The molecule has 21 heavy (non-hydrogen) atoms. The van der Waals surface area contributed by atoms with Crippen LogP contribution in [0.25, 0.3) is 0 Å². The first-order chi connectivity index (χ1) is 9.95. The van der Waals surface area contributed by atoms with E-state index in [2.05, 4.69) is 26.1 Å². The summed E-state index contributed by atoms with van der Waals surface area (Å²) in [5, 5.41) is 4.23. The molecule has 1 aromatic rings. The van der Waals surface area contributed by atoms with Crippen molar-refractivity contribution in [2.24, 2.45) is 0 Å². The topological polar surface area (TPSA) is 35.6 Å². The minimum Gasteiger partial charge on any atom is -0.382 e. The highest BCUT2D eigenvalue weighted by Gasteiger charge is 2.21. The zero-order valence-corrected chi connectivity index (χ0v) is 14.7. The molecule has 0 atom stereocenters. The first kappa shape index (κ1) is 16.6.